The molecule has 0 aliphatic rings. The highest BCUT2D eigenvalue weighted by atomic mass is 79.9. The predicted molar refractivity (Wildman–Crippen MR) is 70.0 cm³/mol. The van der Waals surface area contributed by atoms with Crippen LogP contribution in [0.25, 0.3) is 0 Å². The third-order valence-electron chi connectivity index (χ3n) is 2.10. The first kappa shape index (κ1) is 14.5. The maximum atomic E-state index is 11.1. The Hall–Kier alpha value is -0.590. The lowest BCUT2D eigenvalue weighted by Gasteiger charge is -2.13. The van der Waals surface area contributed by atoms with Gasteiger partial charge in [-0.3, -0.25) is 0 Å². The van der Waals surface area contributed by atoms with E-state index in [9.17, 15) is 13.5 Å². The fourth-order valence-corrected chi connectivity index (χ4v) is 2.79. The Kier molecular flexibility index (Phi) is 4.97. The molecule has 1 rings (SSSR count). The van der Waals surface area contributed by atoms with Crippen molar-refractivity contribution in [2.45, 2.75) is 13.0 Å². The van der Waals surface area contributed by atoms with Crippen molar-refractivity contribution >= 4 is 25.8 Å². The Bertz CT molecular complexity index is 484. The van der Waals surface area contributed by atoms with Gasteiger partial charge in [-0.15, -0.1) is 0 Å². The molecule has 0 saturated heterocycles. The Morgan fingerprint density at radius 1 is 1.47 bits per heavy atom. The minimum absolute atomic E-state index is 0.292. The summed E-state index contributed by atoms with van der Waals surface area (Å²) in [6.07, 6.45) is 0.0636. The summed E-state index contributed by atoms with van der Waals surface area (Å²) in [5.74, 6) is 0.384. The van der Waals surface area contributed by atoms with E-state index in [2.05, 4.69) is 15.9 Å². The van der Waals surface area contributed by atoms with Crippen molar-refractivity contribution in [3.05, 3.63) is 28.2 Å². The van der Waals surface area contributed by atoms with Crippen molar-refractivity contribution in [2.75, 3.05) is 18.6 Å². The maximum Gasteiger partial charge on any atom is 0.150 e. The second kappa shape index (κ2) is 5.84. The lowest BCUT2D eigenvalue weighted by atomic mass is 10.1. The molecule has 1 unspecified atom stereocenters. The molecule has 0 spiro atoms. The van der Waals surface area contributed by atoms with Crippen LogP contribution in [-0.4, -0.2) is 32.1 Å². The third kappa shape index (κ3) is 4.65. The molecule has 0 fully saturated rings. The smallest absolute Gasteiger partial charge is 0.150 e. The Labute approximate surface area is 110 Å². The summed E-state index contributed by atoms with van der Waals surface area (Å²) in [6, 6.07) is 5.07. The molecule has 0 heterocycles. The van der Waals surface area contributed by atoms with E-state index < -0.39 is 15.9 Å². The number of ether oxygens (including phenoxy) is 1. The van der Waals surface area contributed by atoms with Gasteiger partial charge in [0.25, 0.3) is 0 Å². The highest BCUT2D eigenvalue weighted by Crippen LogP contribution is 2.28. The first-order valence-corrected chi connectivity index (χ1v) is 7.97. The van der Waals surface area contributed by atoms with Crippen LogP contribution < -0.4 is 4.74 Å². The molecule has 1 aromatic carbocycles. The van der Waals surface area contributed by atoms with Crippen LogP contribution in [-0.2, 0) is 9.84 Å². The standard InChI is InChI=1S/C11H15BrO4S/c1-3-16-8-4-5-9(10(12)6-8)11(13)7-17(2,14)15/h4-6,11,13H,3,7H2,1-2H3. The van der Waals surface area contributed by atoms with Crippen LogP contribution in [0.1, 0.15) is 18.6 Å². The summed E-state index contributed by atoms with van der Waals surface area (Å²) >= 11 is 3.29. The largest absolute Gasteiger partial charge is 0.494 e. The van der Waals surface area contributed by atoms with Crippen molar-refractivity contribution in [2.24, 2.45) is 0 Å². The van der Waals surface area contributed by atoms with Gasteiger partial charge in [0.2, 0.25) is 0 Å². The zero-order valence-corrected chi connectivity index (χ0v) is 12.1. The van der Waals surface area contributed by atoms with Gasteiger partial charge >= 0.3 is 0 Å². The first-order chi connectivity index (χ1) is 7.83. The summed E-state index contributed by atoms with van der Waals surface area (Å²) in [7, 11) is -3.21. The molecule has 0 bridgehead atoms. The maximum absolute atomic E-state index is 11.1. The molecule has 1 aromatic rings. The average molecular weight is 323 g/mol. The molecule has 4 nitrogen and oxygen atoms in total. The predicted octanol–water partition coefficient (Wildman–Crippen LogP) is 1.93. The molecule has 1 atom stereocenters. The van der Waals surface area contributed by atoms with E-state index in [-0.39, 0.29) is 5.75 Å². The number of sulfone groups is 1. The van der Waals surface area contributed by atoms with Gasteiger partial charge in [0.05, 0.1) is 18.5 Å². The average Bonchev–Trinajstić information content (AvgIpc) is 2.15. The molecule has 0 saturated carbocycles. The van der Waals surface area contributed by atoms with Gasteiger partial charge in [-0.25, -0.2) is 8.42 Å². The fraction of sp³-hybridized carbons (Fsp3) is 0.455. The van der Waals surface area contributed by atoms with Crippen molar-refractivity contribution < 1.29 is 18.3 Å². The number of rotatable bonds is 5. The Morgan fingerprint density at radius 2 is 2.12 bits per heavy atom. The first-order valence-electron chi connectivity index (χ1n) is 5.11. The zero-order valence-electron chi connectivity index (χ0n) is 9.68. The normalized spacial score (nSPS) is 13.4. The summed E-state index contributed by atoms with van der Waals surface area (Å²) in [5.41, 5.74) is 0.541. The Morgan fingerprint density at radius 3 is 2.59 bits per heavy atom. The number of aliphatic hydroxyl groups is 1. The van der Waals surface area contributed by atoms with E-state index in [1.807, 2.05) is 6.92 Å². The minimum Gasteiger partial charge on any atom is -0.494 e. The fourth-order valence-electron chi connectivity index (χ4n) is 1.41. The van der Waals surface area contributed by atoms with E-state index in [1.165, 1.54) is 0 Å². The molecule has 0 aliphatic heterocycles. The summed E-state index contributed by atoms with van der Waals surface area (Å²) in [4.78, 5) is 0. The quantitative estimate of drug-likeness (QED) is 0.899. The molecule has 0 radical (unpaired) electrons. The molecule has 96 valence electrons. The molecule has 1 N–H and O–H groups in total. The highest BCUT2D eigenvalue weighted by molar-refractivity contribution is 9.10. The van der Waals surface area contributed by atoms with E-state index in [1.54, 1.807) is 18.2 Å². The summed E-state index contributed by atoms with van der Waals surface area (Å²) < 4.78 is 28.1. The second-order valence-corrected chi connectivity index (χ2v) is 6.76. The SMILES string of the molecule is CCOc1ccc(C(O)CS(C)(=O)=O)c(Br)c1. The van der Waals surface area contributed by atoms with Gasteiger partial charge in [-0.1, -0.05) is 22.0 Å². The third-order valence-corrected chi connectivity index (χ3v) is 3.71. The van der Waals surface area contributed by atoms with E-state index >= 15 is 0 Å². The molecule has 0 aliphatic carbocycles. The van der Waals surface area contributed by atoms with Crippen molar-refractivity contribution in [1.82, 2.24) is 0 Å². The number of hydrogen-bond donors (Lipinski definition) is 1. The molecule has 0 aromatic heterocycles. The van der Waals surface area contributed by atoms with Crippen molar-refractivity contribution in [1.29, 1.82) is 0 Å². The molecular weight excluding hydrogens is 308 g/mol. The number of hydrogen-bond acceptors (Lipinski definition) is 4. The molecule has 6 heteroatoms. The van der Waals surface area contributed by atoms with Crippen LogP contribution >= 0.6 is 15.9 Å². The Balaban J connectivity index is 2.92. The zero-order chi connectivity index (χ0) is 13.1. The molecular formula is C11H15BrO4S. The van der Waals surface area contributed by atoms with Crippen LogP contribution in [0.15, 0.2) is 22.7 Å². The van der Waals surface area contributed by atoms with Crippen molar-refractivity contribution in [3.63, 3.8) is 0 Å². The van der Waals surface area contributed by atoms with Crippen LogP contribution in [0.4, 0.5) is 0 Å². The second-order valence-electron chi connectivity index (χ2n) is 3.72. The van der Waals surface area contributed by atoms with Crippen LogP contribution in [0.3, 0.4) is 0 Å². The van der Waals surface area contributed by atoms with Crippen LogP contribution in [0.5, 0.6) is 5.75 Å². The van der Waals surface area contributed by atoms with Gasteiger partial charge in [0.15, 0.2) is 0 Å². The highest BCUT2D eigenvalue weighted by Gasteiger charge is 2.17. The van der Waals surface area contributed by atoms with E-state index in [0.29, 0.717) is 22.4 Å². The summed E-state index contributed by atoms with van der Waals surface area (Å²) in [6.45, 7) is 2.43. The lowest BCUT2D eigenvalue weighted by molar-refractivity contribution is 0.201. The van der Waals surface area contributed by atoms with Crippen LogP contribution in [0.2, 0.25) is 0 Å². The van der Waals surface area contributed by atoms with E-state index in [4.69, 9.17) is 4.74 Å². The number of halogens is 1. The van der Waals surface area contributed by atoms with Crippen molar-refractivity contribution in [3.8, 4) is 5.75 Å². The minimum atomic E-state index is -3.21. The lowest BCUT2D eigenvalue weighted by Crippen LogP contribution is -2.13. The number of aliphatic hydroxyl groups excluding tert-OH is 1. The number of benzene rings is 1. The van der Waals surface area contributed by atoms with Gasteiger partial charge in [-0.05, 0) is 24.6 Å². The van der Waals surface area contributed by atoms with E-state index in [0.717, 1.165) is 6.26 Å². The van der Waals surface area contributed by atoms with Gasteiger partial charge in [0, 0.05) is 10.7 Å². The molecule has 0 amide bonds. The topological polar surface area (TPSA) is 63.6 Å². The van der Waals surface area contributed by atoms with Gasteiger partial charge < -0.3 is 9.84 Å². The summed E-state index contributed by atoms with van der Waals surface area (Å²) in [5, 5.41) is 9.81. The van der Waals surface area contributed by atoms with Gasteiger partial charge in [0.1, 0.15) is 15.6 Å². The molecule has 17 heavy (non-hydrogen) atoms. The van der Waals surface area contributed by atoms with Crippen LogP contribution in [0, 0.1) is 0 Å². The monoisotopic (exact) mass is 322 g/mol. The van der Waals surface area contributed by atoms with Gasteiger partial charge in [-0.2, -0.15) is 0 Å².